The Morgan fingerprint density at radius 3 is 2.07 bits per heavy atom. The van der Waals surface area contributed by atoms with Crippen molar-refractivity contribution in [1.29, 1.82) is 0 Å². The smallest absolute Gasteiger partial charge is 0.233 e. The standard InChI is InChI=1S/C19H19ClN6.ClH/c20-14-7-6-10-16(13-14)22-18-23-17(21-15-8-2-1-3-9-15)24-19(25-18)26-11-4-5-12-26;/h1-3,6-10,13H,4-5,11-12H2,(H2,21,22,23,24,25);1H. The van der Waals surface area contributed by atoms with Gasteiger partial charge < -0.3 is 15.5 Å². The van der Waals surface area contributed by atoms with Gasteiger partial charge in [0.15, 0.2) is 0 Å². The Hall–Kier alpha value is -2.57. The van der Waals surface area contributed by atoms with Crippen molar-refractivity contribution in [3.05, 3.63) is 59.6 Å². The zero-order valence-corrected chi connectivity index (χ0v) is 16.2. The number of aromatic nitrogens is 3. The predicted octanol–water partition coefficient (Wildman–Crippen LogP) is 5.03. The Bertz CT molecular complexity index is 884. The van der Waals surface area contributed by atoms with Crippen molar-refractivity contribution in [2.24, 2.45) is 0 Å². The van der Waals surface area contributed by atoms with Gasteiger partial charge in [0.05, 0.1) is 0 Å². The molecule has 2 aromatic carbocycles. The summed E-state index contributed by atoms with van der Waals surface area (Å²) >= 11 is 6.07. The molecule has 6 nitrogen and oxygen atoms in total. The van der Waals surface area contributed by atoms with Gasteiger partial charge in [-0.1, -0.05) is 35.9 Å². The quantitative estimate of drug-likeness (QED) is 0.623. The summed E-state index contributed by atoms with van der Waals surface area (Å²) in [6, 6.07) is 17.3. The number of anilines is 5. The van der Waals surface area contributed by atoms with E-state index in [9.17, 15) is 0 Å². The summed E-state index contributed by atoms with van der Waals surface area (Å²) in [6.45, 7) is 1.93. The molecule has 1 fully saturated rings. The van der Waals surface area contributed by atoms with Crippen molar-refractivity contribution in [2.75, 3.05) is 28.6 Å². The number of halogens is 2. The molecule has 8 heteroatoms. The van der Waals surface area contributed by atoms with E-state index in [4.69, 9.17) is 11.6 Å². The molecule has 0 amide bonds. The second-order valence-corrected chi connectivity index (χ2v) is 6.54. The molecule has 0 aliphatic carbocycles. The van der Waals surface area contributed by atoms with Gasteiger partial charge in [-0.2, -0.15) is 15.0 Å². The lowest BCUT2D eigenvalue weighted by molar-refractivity contribution is 0.886. The van der Waals surface area contributed by atoms with Gasteiger partial charge in [0.25, 0.3) is 0 Å². The summed E-state index contributed by atoms with van der Waals surface area (Å²) in [5.41, 5.74) is 1.77. The van der Waals surface area contributed by atoms with Crippen molar-refractivity contribution < 1.29 is 0 Å². The molecule has 140 valence electrons. The van der Waals surface area contributed by atoms with Gasteiger partial charge in [0.2, 0.25) is 17.8 Å². The first-order chi connectivity index (χ1) is 12.8. The summed E-state index contributed by atoms with van der Waals surface area (Å²) in [5.74, 6) is 1.68. The first kappa shape index (κ1) is 19.2. The Morgan fingerprint density at radius 2 is 1.41 bits per heavy atom. The molecule has 0 spiro atoms. The number of benzene rings is 2. The van der Waals surface area contributed by atoms with Crippen LogP contribution in [0.15, 0.2) is 54.6 Å². The highest BCUT2D eigenvalue weighted by atomic mass is 35.5. The summed E-state index contributed by atoms with van der Waals surface area (Å²) < 4.78 is 0. The summed E-state index contributed by atoms with van der Waals surface area (Å²) in [5, 5.41) is 7.13. The molecule has 27 heavy (non-hydrogen) atoms. The first-order valence-electron chi connectivity index (χ1n) is 8.62. The van der Waals surface area contributed by atoms with Crippen molar-refractivity contribution in [3.63, 3.8) is 0 Å². The fourth-order valence-corrected chi connectivity index (χ4v) is 3.07. The lowest BCUT2D eigenvalue weighted by Gasteiger charge is -2.17. The van der Waals surface area contributed by atoms with Crippen LogP contribution in [-0.2, 0) is 0 Å². The van der Waals surface area contributed by atoms with Crippen LogP contribution in [0.3, 0.4) is 0 Å². The number of hydrogen-bond acceptors (Lipinski definition) is 6. The predicted molar refractivity (Wildman–Crippen MR) is 113 cm³/mol. The Kier molecular flexibility index (Phi) is 6.32. The number of nitrogens with one attached hydrogen (secondary N) is 2. The van der Waals surface area contributed by atoms with Crippen LogP contribution < -0.4 is 15.5 Å². The van der Waals surface area contributed by atoms with Gasteiger partial charge in [0, 0.05) is 29.5 Å². The zero-order valence-electron chi connectivity index (χ0n) is 14.6. The maximum Gasteiger partial charge on any atom is 0.233 e. The molecule has 0 atom stereocenters. The zero-order chi connectivity index (χ0) is 17.8. The molecular weight excluding hydrogens is 383 g/mol. The minimum atomic E-state index is 0. The molecule has 2 heterocycles. The number of rotatable bonds is 5. The second kappa shape index (κ2) is 8.88. The van der Waals surface area contributed by atoms with Crippen LogP contribution in [-0.4, -0.2) is 28.0 Å². The van der Waals surface area contributed by atoms with Crippen molar-refractivity contribution in [2.45, 2.75) is 12.8 Å². The summed E-state index contributed by atoms with van der Waals surface area (Å²) in [4.78, 5) is 15.9. The molecule has 0 radical (unpaired) electrons. The summed E-state index contributed by atoms with van der Waals surface area (Å²) in [6.07, 6.45) is 2.31. The van der Waals surface area contributed by atoms with Crippen LogP contribution in [0, 0.1) is 0 Å². The molecule has 0 unspecified atom stereocenters. The topological polar surface area (TPSA) is 66.0 Å². The average molecular weight is 403 g/mol. The van der Waals surface area contributed by atoms with Gasteiger partial charge >= 0.3 is 0 Å². The highest BCUT2D eigenvalue weighted by molar-refractivity contribution is 6.30. The first-order valence-corrected chi connectivity index (χ1v) is 9.00. The fraction of sp³-hybridized carbons (Fsp3) is 0.211. The molecule has 4 rings (SSSR count). The van der Waals surface area contributed by atoms with E-state index in [0.717, 1.165) is 37.3 Å². The van der Waals surface area contributed by atoms with E-state index < -0.39 is 0 Å². The third-order valence-corrected chi connectivity index (χ3v) is 4.36. The molecule has 1 aliphatic rings. The van der Waals surface area contributed by atoms with Crippen molar-refractivity contribution >= 4 is 53.2 Å². The molecule has 0 bridgehead atoms. The van der Waals surface area contributed by atoms with E-state index in [1.165, 1.54) is 0 Å². The third-order valence-electron chi connectivity index (χ3n) is 4.12. The van der Waals surface area contributed by atoms with Gasteiger partial charge in [-0.3, -0.25) is 0 Å². The minimum Gasteiger partial charge on any atom is -0.341 e. The van der Waals surface area contributed by atoms with E-state index in [-0.39, 0.29) is 12.4 Å². The Balaban J connectivity index is 0.00000210. The van der Waals surface area contributed by atoms with Crippen LogP contribution in [0.2, 0.25) is 5.02 Å². The molecule has 0 saturated carbocycles. The van der Waals surface area contributed by atoms with E-state index >= 15 is 0 Å². The van der Waals surface area contributed by atoms with Crippen LogP contribution in [0.4, 0.5) is 29.2 Å². The molecule has 2 N–H and O–H groups in total. The lowest BCUT2D eigenvalue weighted by Crippen LogP contribution is -2.21. The van der Waals surface area contributed by atoms with Crippen LogP contribution in [0.25, 0.3) is 0 Å². The van der Waals surface area contributed by atoms with Crippen LogP contribution in [0.1, 0.15) is 12.8 Å². The molecular formula is C19H20Cl2N6. The average Bonchev–Trinajstić information content (AvgIpc) is 3.17. The minimum absolute atomic E-state index is 0. The summed E-state index contributed by atoms with van der Waals surface area (Å²) in [7, 11) is 0. The maximum atomic E-state index is 6.07. The Labute approximate surface area is 169 Å². The molecule has 1 saturated heterocycles. The molecule has 1 aliphatic heterocycles. The van der Waals surface area contributed by atoms with Crippen molar-refractivity contribution in [3.8, 4) is 0 Å². The van der Waals surface area contributed by atoms with Crippen molar-refractivity contribution in [1.82, 2.24) is 15.0 Å². The number of nitrogens with zero attached hydrogens (tertiary/aromatic N) is 4. The van der Waals surface area contributed by atoms with E-state index in [1.807, 2.05) is 54.6 Å². The van der Waals surface area contributed by atoms with Gasteiger partial charge in [-0.25, -0.2) is 0 Å². The Morgan fingerprint density at radius 1 is 0.778 bits per heavy atom. The van der Waals surface area contributed by atoms with E-state index in [0.29, 0.717) is 22.9 Å². The second-order valence-electron chi connectivity index (χ2n) is 6.10. The normalized spacial score (nSPS) is 13.1. The van der Waals surface area contributed by atoms with Gasteiger partial charge in [-0.15, -0.1) is 12.4 Å². The SMILES string of the molecule is Cl.Clc1cccc(Nc2nc(Nc3ccccc3)nc(N3CCCC3)n2)c1. The highest BCUT2D eigenvalue weighted by Gasteiger charge is 2.17. The number of para-hydroxylation sites is 1. The third kappa shape index (κ3) is 4.99. The van der Waals surface area contributed by atoms with Gasteiger partial charge in [-0.05, 0) is 43.2 Å². The molecule has 1 aromatic heterocycles. The fourth-order valence-electron chi connectivity index (χ4n) is 2.88. The van der Waals surface area contributed by atoms with Gasteiger partial charge in [0.1, 0.15) is 0 Å². The van der Waals surface area contributed by atoms with E-state index in [2.05, 4.69) is 30.5 Å². The van der Waals surface area contributed by atoms with Crippen LogP contribution >= 0.6 is 24.0 Å². The maximum absolute atomic E-state index is 6.07. The van der Waals surface area contributed by atoms with E-state index in [1.54, 1.807) is 0 Å². The molecule has 3 aromatic rings. The largest absolute Gasteiger partial charge is 0.341 e. The lowest BCUT2D eigenvalue weighted by atomic mass is 10.3. The monoisotopic (exact) mass is 402 g/mol. The highest BCUT2D eigenvalue weighted by Crippen LogP contribution is 2.23. The number of hydrogen-bond donors (Lipinski definition) is 2. The van der Waals surface area contributed by atoms with Crippen LogP contribution in [0.5, 0.6) is 0 Å².